The molecule has 0 heterocycles. The SMILES string of the molecule is C=C(C)C(O)OCCNS(=O)(=O)C(F)(F)F. The lowest BCUT2D eigenvalue weighted by Gasteiger charge is -2.12. The maximum absolute atomic E-state index is 11.8. The van der Waals surface area contributed by atoms with Crippen molar-refractivity contribution in [3.05, 3.63) is 12.2 Å². The van der Waals surface area contributed by atoms with Crippen LogP contribution in [0.3, 0.4) is 0 Å². The molecule has 0 radical (unpaired) electrons. The molecule has 1 atom stereocenters. The fraction of sp³-hybridized carbons (Fsp3) is 0.714. The first-order valence-electron chi connectivity index (χ1n) is 4.09. The molecule has 0 aliphatic carbocycles. The molecule has 0 rings (SSSR count). The van der Waals surface area contributed by atoms with E-state index in [1.54, 1.807) is 0 Å². The lowest BCUT2D eigenvalue weighted by atomic mass is 10.3. The lowest BCUT2D eigenvalue weighted by Crippen LogP contribution is -2.38. The quantitative estimate of drug-likeness (QED) is 0.411. The predicted octanol–water partition coefficient (Wildman–Crippen LogP) is 0.337. The molecule has 0 fully saturated rings. The Morgan fingerprint density at radius 3 is 2.44 bits per heavy atom. The predicted molar refractivity (Wildman–Crippen MR) is 49.8 cm³/mol. The van der Waals surface area contributed by atoms with Crippen LogP contribution in [-0.4, -0.2) is 38.5 Å². The summed E-state index contributed by atoms with van der Waals surface area (Å²) >= 11 is 0. The molecule has 0 bridgehead atoms. The van der Waals surface area contributed by atoms with E-state index in [0.717, 1.165) is 0 Å². The average Bonchev–Trinajstić information content (AvgIpc) is 2.09. The molecule has 0 aliphatic rings. The van der Waals surface area contributed by atoms with Gasteiger partial charge in [-0.15, -0.1) is 0 Å². The fourth-order valence-electron chi connectivity index (χ4n) is 0.571. The Morgan fingerprint density at radius 2 is 2.06 bits per heavy atom. The van der Waals surface area contributed by atoms with E-state index in [1.807, 2.05) is 0 Å². The summed E-state index contributed by atoms with van der Waals surface area (Å²) in [7, 11) is -5.35. The highest BCUT2D eigenvalue weighted by Gasteiger charge is 2.45. The van der Waals surface area contributed by atoms with Crippen LogP contribution in [0.1, 0.15) is 6.92 Å². The minimum Gasteiger partial charge on any atom is -0.364 e. The summed E-state index contributed by atoms with van der Waals surface area (Å²) in [5.41, 5.74) is -5.08. The van der Waals surface area contributed by atoms with Gasteiger partial charge in [0.2, 0.25) is 0 Å². The number of aliphatic hydroxyl groups excluding tert-OH is 1. The Morgan fingerprint density at radius 1 is 1.56 bits per heavy atom. The first-order chi connectivity index (χ1) is 7.08. The molecule has 0 saturated carbocycles. The van der Waals surface area contributed by atoms with Crippen LogP contribution in [0.25, 0.3) is 0 Å². The van der Waals surface area contributed by atoms with Crippen LogP contribution in [0.2, 0.25) is 0 Å². The molecule has 0 spiro atoms. The van der Waals surface area contributed by atoms with Crippen molar-refractivity contribution < 1.29 is 31.4 Å². The second-order valence-corrected chi connectivity index (χ2v) is 4.67. The van der Waals surface area contributed by atoms with E-state index in [-0.39, 0.29) is 5.57 Å². The van der Waals surface area contributed by atoms with Gasteiger partial charge >= 0.3 is 15.5 Å². The number of halogens is 3. The average molecular weight is 263 g/mol. The van der Waals surface area contributed by atoms with E-state index in [0.29, 0.717) is 0 Å². The van der Waals surface area contributed by atoms with Gasteiger partial charge in [-0.25, -0.2) is 13.1 Å². The van der Waals surface area contributed by atoms with Crippen molar-refractivity contribution in [2.75, 3.05) is 13.2 Å². The first-order valence-corrected chi connectivity index (χ1v) is 5.57. The van der Waals surface area contributed by atoms with Crippen molar-refractivity contribution in [3.8, 4) is 0 Å². The summed E-state index contributed by atoms with van der Waals surface area (Å²) in [6.07, 6.45) is -1.32. The van der Waals surface area contributed by atoms with Crippen molar-refractivity contribution in [1.82, 2.24) is 4.72 Å². The molecule has 5 nitrogen and oxygen atoms in total. The number of sulfonamides is 1. The number of hydrogen-bond acceptors (Lipinski definition) is 4. The minimum atomic E-state index is -5.35. The Kier molecular flexibility index (Phi) is 5.39. The highest BCUT2D eigenvalue weighted by Crippen LogP contribution is 2.21. The topological polar surface area (TPSA) is 75.6 Å². The highest BCUT2D eigenvalue weighted by atomic mass is 32.2. The van der Waals surface area contributed by atoms with Crippen LogP contribution in [-0.2, 0) is 14.8 Å². The molecular weight excluding hydrogens is 251 g/mol. The molecule has 0 aromatic carbocycles. The normalized spacial score (nSPS) is 14.8. The standard InChI is InChI=1S/C7H12F3NO4S/c1-5(2)6(12)15-4-3-11-16(13,14)7(8,9)10/h6,11-12H,1,3-4H2,2H3. The molecule has 0 aliphatic heterocycles. The van der Waals surface area contributed by atoms with Gasteiger partial charge in [0.25, 0.3) is 0 Å². The van der Waals surface area contributed by atoms with Gasteiger partial charge in [0.05, 0.1) is 6.61 Å². The summed E-state index contributed by atoms with van der Waals surface area (Å²) in [5.74, 6) is 0. The van der Waals surface area contributed by atoms with Crippen LogP contribution >= 0.6 is 0 Å². The van der Waals surface area contributed by atoms with Gasteiger partial charge in [0.15, 0.2) is 6.29 Å². The second-order valence-electron chi connectivity index (χ2n) is 2.91. The maximum atomic E-state index is 11.8. The van der Waals surface area contributed by atoms with Gasteiger partial charge in [0, 0.05) is 6.54 Å². The molecule has 16 heavy (non-hydrogen) atoms. The van der Waals surface area contributed by atoms with Crippen molar-refractivity contribution in [3.63, 3.8) is 0 Å². The van der Waals surface area contributed by atoms with Crippen LogP contribution in [0.15, 0.2) is 12.2 Å². The summed E-state index contributed by atoms with van der Waals surface area (Å²) in [4.78, 5) is 0. The van der Waals surface area contributed by atoms with E-state index in [9.17, 15) is 21.6 Å². The maximum Gasteiger partial charge on any atom is 0.511 e. The number of nitrogens with one attached hydrogen (secondary N) is 1. The van der Waals surface area contributed by atoms with Crippen LogP contribution in [0, 0.1) is 0 Å². The third kappa shape index (κ3) is 4.92. The largest absolute Gasteiger partial charge is 0.511 e. The highest BCUT2D eigenvalue weighted by molar-refractivity contribution is 7.90. The fourth-order valence-corrected chi connectivity index (χ4v) is 1.09. The second kappa shape index (κ2) is 5.62. The van der Waals surface area contributed by atoms with Crippen molar-refractivity contribution in [2.24, 2.45) is 0 Å². The molecule has 0 amide bonds. The lowest BCUT2D eigenvalue weighted by molar-refractivity contribution is -0.0700. The Labute approximate surface area is 91.0 Å². The van der Waals surface area contributed by atoms with Gasteiger partial charge in [-0.2, -0.15) is 13.2 Å². The third-order valence-electron chi connectivity index (χ3n) is 1.40. The van der Waals surface area contributed by atoms with E-state index in [1.165, 1.54) is 11.6 Å². The summed E-state index contributed by atoms with van der Waals surface area (Å²) in [5, 5.41) is 8.99. The molecule has 2 N–H and O–H groups in total. The monoisotopic (exact) mass is 263 g/mol. The van der Waals surface area contributed by atoms with E-state index in [2.05, 4.69) is 11.3 Å². The van der Waals surface area contributed by atoms with Gasteiger partial charge in [-0.3, -0.25) is 0 Å². The molecular formula is C7H12F3NO4S. The van der Waals surface area contributed by atoms with E-state index >= 15 is 0 Å². The van der Waals surface area contributed by atoms with Gasteiger partial charge in [-0.05, 0) is 12.5 Å². The van der Waals surface area contributed by atoms with Crippen molar-refractivity contribution >= 4 is 10.0 Å². The zero-order chi connectivity index (χ0) is 13.0. The van der Waals surface area contributed by atoms with Crippen LogP contribution < -0.4 is 4.72 Å². The van der Waals surface area contributed by atoms with Crippen LogP contribution in [0.4, 0.5) is 13.2 Å². The summed E-state index contributed by atoms with van der Waals surface area (Å²) in [6, 6.07) is 0. The first kappa shape index (κ1) is 15.4. The number of ether oxygens (including phenoxy) is 1. The molecule has 1 unspecified atom stereocenters. The number of rotatable bonds is 6. The van der Waals surface area contributed by atoms with Gasteiger partial charge < -0.3 is 9.84 Å². The zero-order valence-corrected chi connectivity index (χ0v) is 9.23. The Hall–Kier alpha value is -0.640. The smallest absolute Gasteiger partial charge is 0.364 e. The molecule has 0 saturated heterocycles. The van der Waals surface area contributed by atoms with E-state index in [4.69, 9.17) is 5.11 Å². The van der Waals surface area contributed by atoms with Crippen molar-refractivity contribution in [1.29, 1.82) is 0 Å². The summed E-state index contributed by atoms with van der Waals surface area (Å²) in [6.45, 7) is 3.79. The molecule has 0 aromatic rings. The van der Waals surface area contributed by atoms with Crippen molar-refractivity contribution in [2.45, 2.75) is 18.7 Å². The summed E-state index contributed by atoms with van der Waals surface area (Å²) < 4.78 is 62.1. The van der Waals surface area contributed by atoms with E-state index < -0.39 is 35.0 Å². The number of alkyl halides is 3. The Balaban J connectivity index is 3.98. The number of aliphatic hydroxyl groups is 1. The molecule has 0 aromatic heterocycles. The minimum absolute atomic E-state index is 0.263. The molecule has 96 valence electrons. The molecule has 9 heteroatoms. The van der Waals surface area contributed by atoms with Gasteiger partial charge in [-0.1, -0.05) is 6.58 Å². The zero-order valence-electron chi connectivity index (χ0n) is 8.41. The van der Waals surface area contributed by atoms with Gasteiger partial charge in [0.1, 0.15) is 0 Å². The van der Waals surface area contributed by atoms with Crippen LogP contribution in [0.5, 0.6) is 0 Å². The Bertz CT molecular complexity index is 338. The number of hydrogen-bond donors (Lipinski definition) is 2. The third-order valence-corrected chi connectivity index (χ3v) is 2.59.